The van der Waals surface area contributed by atoms with E-state index in [0.717, 1.165) is 62.1 Å². The molecule has 0 bridgehead atoms. The van der Waals surface area contributed by atoms with Crippen molar-refractivity contribution in [3.63, 3.8) is 0 Å². The Morgan fingerprint density at radius 1 is 0.523 bits per heavy atom. The molecule has 9 rings (SSSR count). The molecule has 1 atom stereocenters. The Kier molecular flexibility index (Phi) is 5.56. The first-order chi connectivity index (χ1) is 21.8. The lowest BCUT2D eigenvalue weighted by Gasteiger charge is -2.19. The van der Waals surface area contributed by atoms with E-state index in [1.165, 1.54) is 11.1 Å². The maximum atomic E-state index is 6.48. The van der Waals surface area contributed by atoms with Gasteiger partial charge in [0.1, 0.15) is 22.7 Å². The van der Waals surface area contributed by atoms with Crippen LogP contribution in [0, 0.1) is 0 Å². The monoisotopic (exact) mass is 567 g/mol. The van der Waals surface area contributed by atoms with Crippen LogP contribution in [0.2, 0.25) is 0 Å². The van der Waals surface area contributed by atoms with Gasteiger partial charge < -0.3 is 9.15 Å². The summed E-state index contributed by atoms with van der Waals surface area (Å²) in [5.41, 5.74) is 8.05. The van der Waals surface area contributed by atoms with Gasteiger partial charge in [0.05, 0.1) is 0 Å². The van der Waals surface area contributed by atoms with Crippen molar-refractivity contribution >= 4 is 27.5 Å². The number of allylic oxidation sites excluding steroid dienone is 4. The van der Waals surface area contributed by atoms with Gasteiger partial charge >= 0.3 is 0 Å². The summed E-state index contributed by atoms with van der Waals surface area (Å²) in [5, 5.41) is 2.07. The number of fused-ring (bicyclic) bond motifs is 6. The van der Waals surface area contributed by atoms with Gasteiger partial charge in [0.2, 0.25) is 0 Å². The summed E-state index contributed by atoms with van der Waals surface area (Å²) in [5.74, 6) is 4.03. The predicted octanol–water partition coefficient (Wildman–Crippen LogP) is 9.62. The highest BCUT2D eigenvalue weighted by Gasteiger charge is 2.32. The number of ether oxygens (including phenoxy) is 1. The third kappa shape index (κ3) is 3.97. The van der Waals surface area contributed by atoms with E-state index in [1.807, 2.05) is 91.0 Å². The van der Waals surface area contributed by atoms with Gasteiger partial charge in [-0.2, -0.15) is 0 Å². The topological polar surface area (TPSA) is 61.0 Å². The lowest BCUT2D eigenvalue weighted by molar-refractivity contribution is 0.426. The van der Waals surface area contributed by atoms with Gasteiger partial charge in [0.15, 0.2) is 17.5 Å². The van der Waals surface area contributed by atoms with Gasteiger partial charge in [-0.1, -0.05) is 109 Å². The molecule has 208 valence electrons. The summed E-state index contributed by atoms with van der Waals surface area (Å²) in [6.07, 6.45) is 5.16. The van der Waals surface area contributed by atoms with E-state index < -0.39 is 0 Å². The molecule has 0 saturated carbocycles. The largest absolute Gasteiger partial charge is 0.461 e. The number of hydrogen-bond acceptors (Lipinski definition) is 5. The molecule has 44 heavy (non-hydrogen) atoms. The van der Waals surface area contributed by atoms with Crippen molar-refractivity contribution in [1.82, 2.24) is 15.0 Å². The highest BCUT2D eigenvalue weighted by molar-refractivity contribution is 6.15. The summed E-state index contributed by atoms with van der Waals surface area (Å²) >= 11 is 0. The van der Waals surface area contributed by atoms with Crippen LogP contribution in [0.1, 0.15) is 23.5 Å². The number of nitrogens with zero attached hydrogens (tertiary/aromatic N) is 3. The molecule has 7 aromatic rings. The first-order valence-electron chi connectivity index (χ1n) is 14.8. The number of rotatable bonds is 4. The normalized spacial score (nSPS) is 15.4. The Morgan fingerprint density at radius 3 is 1.82 bits per heavy atom. The van der Waals surface area contributed by atoms with Crippen molar-refractivity contribution in [2.45, 2.75) is 12.3 Å². The van der Waals surface area contributed by atoms with Crippen LogP contribution in [0.4, 0.5) is 0 Å². The summed E-state index contributed by atoms with van der Waals surface area (Å²) in [6, 6.07) is 40.9. The van der Waals surface area contributed by atoms with Gasteiger partial charge in [-0.3, -0.25) is 0 Å². The third-order valence-corrected chi connectivity index (χ3v) is 8.55. The zero-order chi connectivity index (χ0) is 29.0. The van der Waals surface area contributed by atoms with Gasteiger partial charge in [-0.05, 0) is 41.8 Å². The molecule has 0 saturated heterocycles. The van der Waals surface area contributed by atoms with Gasteiger partial charge in [0.25, 0.3) is 0 Å². The van der Waals surface area contributed by atoms with E-state index in [1.54, 1.807) is 0 Å². The average Bonchev–Trinajstić information content (AvgIpc) is 3.67. The Bertz CT molecular complexity index is 2230. The lowest BCUT2D eigenvalue weighted by Crippen LogP contribution is -2.04. The third-order valence-electron chi connectivity index (χ3n) is 8.55. The fourth-order valence-corrected chi connectivity index (χ4v) is 6.49. The number of aromatic nitrogens is 3. The highest BCUT2D eigenvalue weighted by atomic mass is 16.5. The molecule has 1 aliphatic heterocycles. The standard InChI is InChI=1S/C39H25N3O2/c1-3-11-24(12-4-1)37-40-38(25-13-5-2-6-14-25)42-39(41-37)29-17-10-20-34-36(29)35-27(16-9-19-33(35)44-34)26-21-22-32-30(23-26)28-15-7-8-18-31(28)43-32/h1-22,30H,23H2. The fourth-order valence-electron chi connectivity index (χ4n) is 6.49. The van der Waals surface area contributed by atoms with Crippen molar-refractivity contribution < 1.29 is 9.15 Å². The molecule has 0 radical (unpaired) electrons. The van der Waals surface area contributed by atoms with E-state index in [2.05, 4.69) is 42.5 Å². The quantitative estimate of drug-likeness (QED) is 0.212. The van der Waals surface area contributed by atoms with E-state index >= 15 is 0 Å². The van der Waals surface area contributed by atoms with E-state index in [9.17, 15) is 0 Å². The molecular formula is C39H25N3O2. The maximum absolute atomic E-state index is 6.48. The first kappa shape index (κ1) is 24.8. The van der Waals surface area contributed by atoms with Gasteiger partial charge in [-0.25, -0.2) is 15.0 Å². The van der Waals surface area contributed by atoms with Crippen LogP contribution < -0.4 is 4.74 Å². The average molecular weight is 568 g/mol. The van der Waals surface area contributed by atoms with Crippen molar-refractivity contribution in [1.29, 1.82) is 0 Å². The smallest absolute Gasteiger partial charge is 0.164 e. The van der Waals surface area contributed by atoms with Crippen LogP contribution in [0.5, 0.6) is 5.75 Å². The molecule has 5 heteroatoms. The summed E-state index contributed by atoms with van der Waals surface area (Å²) in [6.45, 7) is 0. The minimum absolute atomic E-state index is 0.199. The second kappa shape index (κ2) is 9.89. The Hall–Kier alpha value is -5.81. The molecular weight excluding hydrogens is 542 g/mol. The van der Waals surface area contributed by atoms with Crippen molar-refractivity contribution in [2.75, 3.05) is 0 Å². The van der Waals surface area contributed by atoms with Crippen LogP contribution >= 0.6 is 0 Å². The first-order valence-corrected chi connectivity index (χ1v) is 14.8. The minimum atomic E-state index is 0.199. The second-order valence-corrected chi connectivity index (χ2v) is 11.2. The molecule has 1 aliphatic carbocycles. The lowest BCUT2D eigenvalue weighted by atomic mass is 9.84. The molecule has 5 aromatic carbocycles. The zero-order valence-electron chi connectivity index (χ0n) is 23.6. The van der Waals surface area contributed by atoms with Crippen LogP contribution in [0.3, 0.4) is 0 Å². The van der Waals surface area contributed by atoms with Crippen LogP contribution in [0.15, 0.2) is 144 Å². The summed E-state index contributed by atoms with van der Waals surface area (Å²) in [4.78, 5) is 15.0. The number of hydrogen-bond donors (Lipinski definition) is 0. The van der Waals surface area contributed by atoms with Gasteiger partial charge in [-0.15, -0.1) is 0 Å². The molecule has 1 unspecified atom stereocenters. The van der Waals surface area contributed by atoms with Crippen LogP contribution in [-0.2, 0) is 0 Å². The Balaban J connectivity index is 1.25. The predicted molar refractivity (Wildman–Crippen MR) is 174 cm³/mol. The molecule has 5 nitrogen and oxygen atoms in total. The SMILES string of the molecule is C1=C(c2cccc3oc4cccc(-c5nc(-c6ccccc6)nc(-c6ccccc6)n5)c4c23)CC2C(=C1)Oc1ccccc12. The molecule has 2 aliphatic rings. The number of para-hydroxylation sites is 1. The molecule has 3 heterocycles. The van der Waals surface area contributed by atoms with E-state index in [0.29, 0.717) is 17.5 Å². The molecule has 0 fully saturated rings. The summed E-state index contributed by atoms with van der Waals surface area (Å²) < 4.78 is 12.7. The molecule has 2 aromatic heterocycles. The van der Waals surface area contributed by atoms with Crippen molar-refractivity contribution in [2.24, 2.45) is 0 Å². The second-order valence-electron chi connectivity index (χ2n) is 11.2. The molecule has 0 N–H and O–H groups in total. The summed E-state index contributed by atoms with van der Waals surface area (Å²) in [7, 11) is 0. The van der Waals surface area contributed by atoms with E-state index in [4.69, 9.17) is 24.1 Å². The molecule has 0 amide bonds. The fraction of sp³-hybridized carbons (Fsp3) is 0.0513. The van der Waals surface area contributed by atoms with Crippen molar-refractivity contribution in [3.05, 3.63) is 150 Å². The highest BCUT2D eigenvalue weighted by Crippen LogP contribution is 2.49. The number of furan rings is 1. The zero-order valence-corrected chi connectivity index (χ0v) is 23.6. The van der Waals surface area contributed by atoms with E-state index in [-0.39, 0.29) is 5.92 Å². The van der Waals surface area contributed by atoms with Crippen LogP contribution in [-0.4, -0.2) is 15.0 Å². The van der Waals surface area contributed by atoms with Crippen molar-refractivity contribution in [3.8, 4) is 39.9 Å². The minimum Gasteiger partial charge on any atom is -0.461 e. The Labute approximate surface area is 253 Å². The van der Waals surface area contributed by atoms with Gasteiger partial charge in [0, 0.05) is 38.9 Å². The molecule has 0 spiro atoms. The van der Waals surface area contributed by atoms with Crippen LogP contribution in [0.25, 0.3) is 61.7 Å². The number of benzene rings is 5. The maximum Gasteiger partial charge on any atom is 0.164 e. The Morgan fingerprint density at radius 2 is 1.11 bits per heavy atom.